The molecule has 0 aliphatic carbocycles. The van der Waals surface area contributed by atoms with Crippen LogP contribution in [0, 0.1) is 11.3 Å². The van der Waals surface area contributed by atoms with Gasteiger partial charge in [0.2, 0.25) is 0 Å². The van der Waals surface area contributed by atoms with Crippen molar-refractivity contribution in [3.8, 4) is 28.7 Å². The molecule has 0 unspecified atom stereocenters. The van der Waals surface area contributed by atoms with Gasteiger partial charge >= 0.3 is 0 Å². The molecule has 5 aromatic carbocycles. The fraction of sp³-hybridized carbons (Fsp3) is 0. The Balaban J connectivity index is 1.36. The molecule has 4 heteroatoms. The van der Waals surface area contributed by atoms with Gasteiger partial charge in [0.15, 0.2) is 0 Å². The number of pyridine rings is 1. The van der Waals surface area contributed by atoms with E-state index >= 15 is 0 Å². The lowest BCUT2D eigenvalue weighted by Gasteiger charge is -2.15. The largest absolute Gasteiger partial charge is 0.309 e. The Kier molecular flexibility index (Phi) is 4.85. The number of nitrogens with zero attached hydrogens (tertiary/aromatic N) is 4. The molecular weight excluding hydrogens is 488 g/mol. The van der Waals surface area contributed by atoms with Gasteiger partial charge in [-0.3, -0.25) is 4.98 Å². The Morgan fingerprint density at radius 2 is 1.00 bits per heavy atom. The number of fused-ring (bicyclic) bond motifs is 6. The lowest BCUT2D eigenvalue weighted by atomic mass is 10.0. The number of aromatic nitrogens is 3. The van der Waals surface area contributed by atoms with Crippen LogP contribution in [0.4, 0.5) is 0 Å². The van der Waals surface area contributed by atoms with E-state index in [1.807, 2.05) is 24.4 Å². The van der Waals surface area contributed by atoms with Crippen molar-refractivity contribution in [2.45, 2.75) is 0 Å². The van der Waals surface area contributed by atoms with Gasteiger partial charge in [-0.2, -0.15) is 5.26 Å². The molecule has 0 saturated heterocycles. The van der Waals surface area contributed by atoms with Crippen LogP contribution in [-0.4, -0.2) is 14.1 Å². The number of hydrogen-bond acceptors (Lipinski definition) is 2. The van der Waals surface area contributed by atoms with Crippen LogP contribution in [0.2, 0.25) is 0 Å². The van der Waals surface area contributed by atoms with E-state index in [0.29, 0.717) is 5.56 Å². The first-order chi connectivity index (χ1) is 19.8. The molecule has 0 amide bonds. The van der Waals surface area contributed by atoms with E-state index in [0.717, 1.165) is 44.7 Å². The molecule has 0 aliphatic heterocycles. The summed E-state index contributed by atoms with van der Waals surface area (Å²) in [6.07, 6.45) is 1.91. The molecule has 3 heterocycles. The molecular formula is C36H22N4. The third-order valence-corrected chi connectivity index (χ3v) is 7.83. The molecule has 4 nitrogen and oxygen atoms in total. The van der Waals surface area contributed by atoms with Crippen LogP contribution in [0.3, 0.4) is 0 Å². The topological polar surface area (TPSA) is 46.5 Å². The highest BCUT2D eigenvalue weighted by Crippen LogP contribution is 2.38. The first kappa shape index (κ1) is 22.3. The average molecular weight is 511 g/mol. The summed E-state index contributed by atoms with van der Waals surface area (Å²) in [5.41, 5.74) is 8.58. The minimum Gasteiger partial charge on any atom is -0.309 e. The van der Waals surface area contributed by atoms with Gasteiger partial charge in [0.05, 0.1) is 57.0 Å². The van der Waals surface area contributed by atoms with Crippen molar-refractivity contribution < 1.29 is 0 Å². The Labute approximate surface area is 230 Å². The van der Waals surface area contributed by atoms with E-state index in [1.165, 1.54) is 21.5 Å². The highest BCUT2D eigenvalue weighted by atomic mass is 15.0. The molecule has 3 aromatic heterocycles. The van der Waals surface area contributed by atoms with Gasteiger partial charge in [0.25, 0.3) is 0 Å². The molecule has 40 heavy (non-hydrogen) atoms. The van der Waals surface area contributed by atoms with Gasteiger partial charge < -0.3 is 9.13 Å². The molecule has 0 fully saturated rings. The van der Waals surface area contributed by atoms with Crippen molar-refractivity contribution in [1.82, 2.24) is 14.1 Å². The van der Waals surface area contributed by atoms with Crippen molar-refractivity contribution >= 4 is 43.6 Å². The summed E-state index contributed by atoms with van der Waals surface area (Å²) in [6.45, 7) is 0. The van der Waals surface area contributed by atoms with E-state index in [4.69, 9.17) is 4.98 Å². The number of rotatable bonds is 3. The zero-order valence-corrected chi connectivity index (χ0v) is 21.5. The van der Waals surface area contributed by atoms with Crippen LogP contribution < -0.4 is 0 Å². The minimum absolute atomic E-state index is 0.594. The molecule has 0 aliphatic rings. The molecule has 186 valence electrons. The monoisotopic (exact) mass is 510 g/mol. The quantitative estimate of drug-likeness (QED) is 0.238. The summed E-state index contributed by atoms with van der Waals surface area (Å²) < 4.78 is 4.51. The van der Waals surface area contributed by atoms with E-state index < -0.39 is 0 Å². The Morgan fingerprint density at radius 1 is 0.500 bits per heavy atom. The van der Waals surface area contributed by atoms with Crippen molar-refractivity contribution in [2.24, 2.45) is 0 Å². The molecule has 0 saturated carbocycles. The van der Waals surface area contributed by atoms with Crippen LogP contribution in [0.15, 0.2) is 134 Å². The highest BCUT2D eigenvalue weighted by molar-refractivity contribution is 6.10. The smallest absolute Gasteiger partial charge is 0.0999 e. The third kappa shape index (κ3) is 3.15. The second kappa shape index (κ2) is 8.69. The van der Waals surface area contributed by atoms with E-state index in [-0.39, 0.29) is 0 Å². The van der Waals surface area contributed by atoms with Crippen LogP contribution in [0.1, 0.15) is 5.56 Å². The molecule has 0 atom stereocenters. The fourth-order valence-electron chi connectivity index (χ4n) is 6.14. The van der Waals surface area contributed by atoms with Crippen LogP contribution in [0.5, 0.6) is 0 Å². The maximum atomic E-state index is 10.2. The lowest BCUT2D eigenvalue weighted by molar-refractivity contribution is 1.13. The molecule has 0 spiro atoms. The SMILES string of the molecule is N#Cc1cccc(-n2c3ccccc3c3ccccc32)c1-c1ccc(-n2c3ccccc3c3ccccc32)cn1. The average Bonchev–Trinajstić information content (AvgIpc) is 3.54. The summed E-state index contributed by atoms with van der Waals surface area (Å²) in [5.74, 6) is 0. The maximum Gasteiger partial charge on any atom is 0.0999 e. The highest BCUT2D eigenvalue weighted by Gasteiger charge is 2.19. The van der Waals surface area contributed by atoms with Crippen molar-refractivity contribution in [1.29, 1.82) is 5.26 Å². The third-order valence-electron chi connectivity index (χ3n) is 7.83. The summed E-state index contributed by atoms with van der Waals surface area (Å²) >= 11 is 0. The number of hydrogen-bond donors (Lipinski definition) is 0. The van der Waals surface area contributed by atoms with E-state index in [9.17, 15) is 5.26 Å². The zero-order chi connectivity index (χ0) is 26.6. The normalized spacial score (nSPS) is 11.5. The molecule has 8 aromatic rings. The van der Waals surface area contributed by atoms with Gasteiger partial charge in [-0.05, 0) is 48.5 Å². The van der Waals surface area contributed by atoms with E-state index in [1.54, 1.807) is 0 Å². The Bertz CT molecular complexity index is 2170. The van der Waals surface area contributed by atoms with Crippen LogP contribution in [-0.2, 0) is 0 Å². The molecule has 8 rings (SSSR count). The summed E-state index contributed by atoms with van der Waals surface area (Å²) in [6, 6.07) is 46.2. The molecule has 0 radical (unpaired) electrons. The predicted molar refractivity (Wildman–Crippen MR) is 163 cm³/mol. The van der Waals surface area contributed by atoms with Crippen LogP contribution in [0.25, 0.3) is 66.2 Å². The first-order valence-electron chi connectivity index (χ1n) is 13.3. The fourth-order valence-corrected chi connectivity index (χ4v) is 6.14. The second-order valence-corrected chi connectivity index (χ2v) is 9.95. The second-order valence-electron chi connectivity index (χ2n) is 9.95. The maximum absolute atomic E-state index is 10.2. The Hall–Kier alpha value is -5.66. The zero-order valence-electron chi connectivity index (χ0n) is 21.5. The van der Waals surface area contributed by atoms with Gasteiger partial charge in [-0.1, -0.05) is 78.9 Å². The van der Waals surface area contributed by atoms with Crippen molar-refractivity contribution in [3.05, 3.63) is 139 Å². The van der Waals surface area contributed by atoms with Crippen molar-refractivity contribution in [2.75, 3.05) is 0 Å². The number of benzene rings is 5. The summed E-state index contributed by atoms with van der Waals surface area (Å²) in [5, 5.41) is 15.0. The van der Waals surface area contributed by atoms with Gasteiger partial charge in [-0.15, -0.1) is 0 Å². The number of nitriles is 1. The Morgan fingerprint density at radius 3 is 1.48 bits per heavy atom. The van der Waals surface area contributed by atoms with Gasteiger partial charge in [0.1, 0.15) is 0 Å². The van der Waals surface area contributed by atoms with Gasteiger partial charge in [-0.25, -0.2) is 0 Å². The van der Waals surface area contributed by atoms with Gasteiger partial charge in [0, 0.05) is 27.1 Å². The molecule has 0 N–H and O–H groups in total. The summed E-state index contributed by atoms with van der Waals surface area (Å²) in [4.78, 5) is 4.97. The minimum atomic E-state index is 0.594. The standard InChI is InChI=1S/C36H22N4/c37-22-24-10-9-19-35(40-33-17-7-3-13-28(33)29-14-4-8-18-34(29)40)36(24)30-21-20-25(23-38-30)39-31-15-5-1-11-26(31)27-12-2-6-16-32(27)39/h1-21,23H. The van der Waals surface area contributed by atoms with E-state index in [2.05, 4.69) is 124 Å². The predicted octanol–water partition coefficient (Wildman–Crippen LogP) is 8.81. The first-order valence-corrected chi connectivity index (χ1v) is 13.3. The molecule has 0 bridgehead atoms. The van der Waals surface area contributed by atoms with Crippen LogP contribution >= 0.6 is 0 Å². The van der Waals surface area contributed by atoms with Crippen molar-refractivity contribution in [3.63, 3.8) is 0 Å². The number of para-hydroxylation sites is 4. The lowest BCUT2D eigenvalue weighted by Crippen LogP contribution is -2.01. The summed E-state index contributed by atoms with van der Waals surface area (Å²) in [7, 11) is 0.